The predicted octanol–water partition coefficient (Wildman–Crippen LogP) is -0.0454. The van der Waals surface area contributed by atoms with Gasteiger partial charge in [0, 0.05) is 14.0 Å². The van der Waals surface area contributed by atoms with E-state index in [2.05, 4.69) is 0 Å². The molecule has 0 aromatic carbocycles. The maximum Gasteiger partial charge on any atom is 0.219 e. The number of nitrogens with two attached hydrogens (primary N) is 1. The van der Waals surface area contributed by atoms with E-state index in [1.54, 1.807) is 11.9 Å². The van der Waals surface area contributed by atoms with E-state index in [0.717, 1.165) is 19.3 Å². The number of aliphatic hydroxyl groups excluding tert-OH is 1. The molecule has 0 unspecified atom stereocenters. The number of hydrogen-bond acceptors (Lipinski definition) is 3. The Morgan fingerprint density at radius 3 is 2.54 bits per heavy atom. The first kappa shape index (κ1) is 12.4. The lowest BCUT2D eigenvalue weighted by Crippen LogP contribution is -2.38. The van der Waals surface area contributed by atoms with Crippen LogP contribution in [0.4, 0.5) is 0 Å². The molecule has 0 aliphatic rings. The van der Waals surface area contributed by atoms with Gasteiger partial charge in [0.2, 0.25) is 5.91 Å². The molecule has 0 aliphatic heterocycles. The molecule has 78 valence electrons. The number of carbonyl (C=O) groups is 1. The van der Waals surface area contributed by atoms with Crippen LogP contribution in [0.3, 0.4) is 0 Å². The van der Waals surface area contributed by atoms with E-state index in [1.807, 2.05) is 0 Å². The van der Waals surface area contributed by atoms with Crippen LogP contribution >= 0.6 is 0 Å². The van der Waals surface area contributed by atoms with Gasteiger partial charge < -0.3 is 15.7 Å². The molecule has 0 saturated carbocycles. The second-order valence-corrected chi connectivity index (χ2v) is 3.25. The Morgan fingerprint density at radius 2 is 2.15 bits per heavy atom. The van der Waals surface area contributed by atoms with Crippen LogP contribution in [-0.2, 0) is 4.79 Å². The van der Waals surface area contributed by atoms with Crippen LogP contribution in [0.5, 0.6) is 0 Å². The summed E-state index contributed by atoms with van der Waals surface area (Å²) in [6.45, 7) is 2.20. The third kappa shape index (κ3) is 4.85. The van der Waals surface area contributed by atoms with Crippen molar-refractivity contribution in [3.05, 3.63) is 0 Å². The molecule has 1 amide bonds. The highest BCUT2D eigenvalue weighted by Gasteiger charge is 2.14. The smallest absolute Gasteiger partial charge is 0.219 e. The number of hydrogen-bond donors (Lipinski definition) is 2. The maximum atomic E-state index is 11.0. The van der Waals surface area contributed by atoms with Crippen LogP contribution in [-0.4, -0.2) is 42.2 Å². The summed E-state index contributed by atoms with van der Waals surface area (Å²) >= 11 is 0. The molecule has 13 heavy (non-hydrogen) atoms. The van der Waals surface area contributed by atoms with Gasteiger partial charge in [-0.1, -0.05) is 6.42 Å². The molecule has 4 heteroatoms. The van der Waals surface area contributed by atoms with Gasteiger partial charge in [0.1, 0.15) is 0 Å². The summed E-state index contributed by atoms with van der Waals surface area (Å²) in [6.07, 6.45) is 2.73. The molecule has 0 aromatic rings. The Kier molecular flexibility index (Phi) is 6.54. The van der Waals surface area contributed by atoms with Gasteiger partial charge in [-0.3, -0.25) is 4.79 Å². The largest absolute Gasteiger partial charge is 0.394 e. The summed E-state index contributed by atoms with van der Waals surface area (Å²) in [7, 11) is 1.71. The zero-order valence-corrected chi connectivity index (χ0v) is 8.49. The molecular weight excluding hydrogens is 168 g/mol. The van der Waals surface area contributed by atoms with Crippen LogP contribution in [0.1, 0.15) is 26.2 Å². The van der Waals surface area contributed by atoms with Gasteiger partial charge in [0.25, 0.3) is 0 Å². The molecule has 4 nitrogen and oxygen atoms in total. The van der Waals surface area contributed by atoms with E-state index in [9.17, 15) is 4.79 Å². The topological polar surface area (TPSA) is 66.6 Å². The molecule has 0 aliphatic carbocycles. The first-order chi connectivity index (χ1) is 6.13. The SMILES string of the molecule is CC(=O)N(C)[C@H](CO)CCCCN. The summed E-state index contributed by atoms with van der Waals surface area (Å²) in [5.41, 5.74) is 5.35. The Labute approximate surface area is 79.7 Å². The quantitative estimate of drug-likeness (QED) is 0.574. The maximum absolute atomic E-state index is 11.0. The summed E-state index contributed by atoms with van der Waals surface area (Å²) in [4.78, 5) is 12.5. The molecule has 0 fully saturated rings. The average Bonchev–Trinajstić information content (AvgIpc) is 2.11. The van der Waals surface area contributed by atoms with Crippen molar-refractivity contribution in [1.82, 2.24) is 4.90 Å². The van der Waals surface area contributed by atoms with E-state index < -0.39 is 0 Å². The van der Waals surface area contributed by atoms with Crippen LogP contribution in [0, 0.1) is 0 Å². The highest BCUT2D eigenvalue weighted by molar-refractivity contribution is 5.73. The average molecular weight is 188 g/mol. The number of likely N-dealkylation sites (N-methyl/N-ethyl adjacent to an activating group) is 1. The first-order valence-electron chi connectivity index (χ1n) is 4.67. The van der Waals surface area contributed by atoms with Gasteiger partial charge in [-0.15, -0.1) is 0 Å². The van der Waals surface area contributed by atoms with Crippen LogP contribution in [0.25, 0.3) is 0 Å². The van der Waals surface area contributed by atoms with E-state index in [-0.39, 0.29) is 18.6 Å². The van der Waals surface area contributed by atoms with Crippen LogP contribution in [0.15, 0.2) is 0 Å². The molecule has 0 spiro atoms. The molecule has 0 saturated heterocycles. The highest BCUT2D eigenvalue weighted by Crippen LogP contribution is 2.06. The third-order valence-corrected chi connectivity index (χ3v) is 2.25. The summed E-state index contributed by atoms with van der Waals surface area (Å²) in [5, 5.41) is 9.02. The zero-order chi connectivity index (χ0) is 10.3. The molecular formula is C9H20N2O2. The Bertz CT molecular complexity index is 151. The van der Waals surface area contributed by atoms with E-state index in [1.165, 1.54) is 6.92 Å². The van der Waals surface area contributed by atoms with Crippen molar-refractivity contribution in [2.24, 2.45) is 5.73 Å². The number of unbranched alkanes of at least 4 members (excludes halogenated alkanes) is 1. The Hall–Kier alpha value is -0.610. The minimum Gasteiger partial charge on any atom is -0.394 e. The van der Waals surface area contributed by atoms with Gasteiger partial charge >= 0.3 is 0 Å². The molecule has 3 N–H and O–H groups in total. The molecule has 0 bridgehead atoms. The van der Waals surface area contributed by atoms with Crippen molar-refractivity contribution >= 4 is 5.91 Å². The fourth-order valence-corrected chi connectivity index (χ4v) is 1.19. The number of amides is 1. The lowest BCUT2D eigenvalue weighted by Gasteiger charge is -2.25. The van der Waals surface area contributed by atoms with Crippen molar-refractivity contribution in [2.75, 3.05) is 20.2 Å². The summed E-state index contributed by atoms with van der Waals surface area (Å²) in [6, 6.07) is -0.0518. The fraction of sp³-hybridized carbons (Fsp3) is 0.889. The Balaban J connectivity index is 3.80. The van der Waals surface area contributed by atoms with Crippen LogP contribution < -0.4 is 5.73 Å². The van der Waals surface area contributed by atoms with E-state index >= 15 is 0 Å². The normalized spacial score (nSPS) is 12.6. The predicted molar refractivity (Wildman–Crippen MR) is 52.2 cm³/mol. The van der Waals surface area contributed by atoms with Gasteiger partial charge in [-0.25, -0.2) is 0 Å². The summed E-state index contributed by atoms with van der Waals surface area (Å²) < 4.78 is 0. The van der Waals surface area contributed by atoms with E-state index in [4.69, 9.17) is 10.8 Å². The van der Waals surface area contributed by atoms with Crippen LogP contribution in [0.2, 0.25) is 0 Å². The monoisotopic (exact) mass is 188 g/mol. The van der Waals surface area contributed by atoms with Gasteiger partial charge in [-0.2, -0.15) is 0 Å². The third-order valence-electron chi connectivity index (χ3n) is 2.25. The molecule has 0 aromatic heterocycles. The van der Waals surface area contributed by atoms with Crippen molar-refractivity contribution in [3.8, 4) is 0 Å². The molecule has 0 radical (unpaired) electrons. The van der Waals surface area contributed by atoms with Gasteiger partial charge in [0.15, 0.2) is 0 Å². The number of nitrogens with zero attached hydrogens (tertiary/aromatic N) is 1. The highest BCUT2D eigenvalue weighted by atomic mass is 16.3. The second kappa shape index (κ2) is 6.86. The lowest BCUT2D eigenvalue weighted by atomic mass is 10.1. The Morgan fingerprint density at radius 1 is 1.54 bits per heavy atom. The first-order valence-corrected chi connectivity index (χ1v) is 4.67. The second-order valence-electron chi connectivity index (χ2n) is 3.25. The standard InChI is InChI=1S/C9H20N2O2/c1-8(13)11(2)9(7-12)5-3-4-6-10/h9,12H,3-7,10H2,1-2H3/t9-/m0/s1. The minimum absolute atomic E-state index is 0.00759. The lowest BCUT2D eigenvalue weighted by molar-refractivity contribution is -0.130. The van der Waals surface area contributed by atoms with Crippen molar-refractivity contribution in [1.29, 1.82) is 0 Å². The zero-order valence-electron chi connectivity index (χ0n) is 8.49. The van der Waals surface area contributed by atoms with Gasteiger partial charge in [0.05, 0.1) is 12.6 Å². The van der Waals surface area contributed by atoms with E-state index in [0.29, 0.717) is 6.54 Å². The molecule has 0 rings (SSSR count). The summed E-state index contributed by atoms with van der Waals surface area (Å²) in [5.74, 6) is -0.00759. The number of aliphatic hydroxyl groups is 1. The number of carbonyl (C=O) groups excluding carboxylic acids is 1. The number of rotatable bonds is 6. The fourth-order valence-electron chi connectivity index (χ4n) is 1.19. The van der Waals surface area contributed by atoms with Crippen molar-refractivity contribution < 1.29 is 9.90 Å². The molecule has 1 atom stereocenters. The van der Waals surface area contributed by atoms with Crippen molar-refractivity contribution in [2.45, 2.75) is 32.2 Å². The van der Waals surface area contributed by atoms with Gasteiger partial charge in [-0.05, 0) is 19.4 Å². The van der Waals surface area contributed by atoms with Crippen molar-refractivity contribution in [3.63, 3.8) is 0 Å². The molecule has 0 heterocycles. The minimum atomic E-state index is -0.0518.